The van der Waals surface area contributed by atoms with Gasteiger partial charge in [-0.15, -0.1) is 0 Å². The average molecular weight is 803 g/mol. The molecular weight excluding hydrogens is 765 g/mol. The molecule has 2 aromatic heterocycles. The molecule has 0 N–H and O–H groups in total. The van der Waals surface area contributed by atoms with Crippen LogP contribution in [-0.2, 0) is 0 Å². The molecule has 0 atom stereocenters. The SMILES string of the molecule is N#Cc1c(-c2ccccc2)nc(-c2c(-c3ccccc3)cc(-c3ccccc3)cc2-n2c3ccc(-c4ccccc4)cc3c3cc(-c4ccccc4)ccc32)nc1-c1ccccc1. The Hall–Kier alpha value is -8.65. The fourth-order valence-electron chi connectivity index (χ4n) is 8.87. The van der Waals surface area contributed by atoms with Gasteiger partial charge in [0.05, 0.1) is 33.7 Å². The number of hydrogen-bond acceptors (Lipinski definition) is 3. The van der Waals surface area contributed by atoms with Gasteiger partial charge in [0.25, 0.3) is 0 Å². The maximum absolute atomic E-state index is 10.9. The minimum Gasteiger partial charge on any atom is -0.308 e. The van der Waals surface area contributed by atoms with E-state index in [9.17, 15) is 5.26 Å². The largest absolute Gasteiger partial charge is 0.308 e. The summed E-state index contributed by atoms with van der Waals surface area (Å²) in [5.41, 5.74) is 16.0. The molecule has 0 amide bonds. The van der Waals surface area contributed by atoms with Crippen LogP contribution in [0.4, 0.5) is 0 Å². The smallest absolute Gasteiger partial charge is 0.163 e. The van der Waals surface area contributed by atoms with Gasteiger partial charge in [0, 0.05) is 21.9 Å². The van der Waals surface area contributed by atoms with Crippen LogP contribution in [-0.4, -0.2) is 14.5 Å². The first-order chi connectivity index (χ1) is 31.2. The second-order valence-corrected chi connectivity index (χ2v) is 15.6. The summed E-state index contributed by atoms with van der Waals surface area (Å²) in [7, 11) is 0. The fourth-order valence-corrected chi connectivity index (χ4v) is 8.87. The second-order valence-electron chi connectivity index (χ2n) is 15.6. The van der Waals surface area contributed by atoms with Crippen LogP contribution in [0.3, 0.4) is 0 Å². The van der Waals surface area contributed by atoms with E-state index in [1.165, 1.54) is 0 Å². The number of benzene rings is 9. The third kappa shape index (κ3) is 6.85. The van der Waals surface area contributed by atoms with Gasteiger partial charge in [0.1, 0.15) is 11.6 Å². The highest BCUT2D eigenvalue weighted by Crippen LogP contribution is 2.45. The summed E-state index contributed by atoms with van der Waals surface area (Å²) in [6, 6.07) is 82.9. The highest BCUT2D eigenvalue weighted by Gasteiger charge is 2.26. The molecule has 0 saturated carbocycles. The normalized spacial score (nSPS) is 11.2. The second kappa shape index (κ2) is 16.1. The Morgan fingerprint density at radius 3 is 1.14 bits per heavy atom. The van der Waals surface area contributed by atoms with Gasteiger partial charge in [-0.25, -0.2) is 9.97 Å². The van der Waals surface area contributed by atoms with Crippen molar-refractivity contribution in [1.29, 1.82) is 5.26 Å². The molecule has 4 nitrogen and oxygen atoms in total. The predicted molar refractivity (Wildman–Crippen MR) is 259 cm³/mol. The van der Waals surface area contributed by atoms with Gasteiger partial charge >= 0.3 is 0 Å². The van der Waals surface area contributed by atoms with Gasteiger partial charge < -0.3 is 4.57 Å². The van der Waals surface area contributed by atoms with E-state index in [0.717, 1.165) is 88.7 Å². The van der Waals surface area contributed by atoms with Crippen molar-refractivity contribution in [2.75, 3.05) is 0 Å². The van der Waals surface area contributed by atoms with E-state index in [-0.39, 0.29) is 0 Å². The lowest BCUT2D eigenvalue weighted by molar-refractivity contribution is 1.13. The molecule has 11 rings (SSSR count). The van der Waals surface area contributed by atoms with Gasteiger partial charge in [0.15, 0.2) is 5.82 Å². The molecule has 0 radical (unpaired) electrons. The Kier molecular flexibility index (Phi) is 9.54. The van der Waals surface area contributed by atoms with Gasteiger partial charge in [0.2, 0.25) is 0 Å². The Balaban J connectivity index is 1.30. The zero-order valence-electron chi connectivity index (χ0n) is 34.2. The van der Waals surface area contributed by atoms with Crippen LogP contribution in [0.5, 0.6) is 0 Å². The van der Waals surface area contributed by atoms with Crippen LogP contribution in [0.15, 0.2) is 231 Å². The summed E-state index contributed by atoms with van der Waals surface area (Å²) in [6.07, 6.45) is 0. The van der Waals surface area contributed by atoms with E-state index in [2.05, 4.69) is 174 Å². The Morgan fingerprint density at radius 1 is 0.349 bits per heavy atom. The number of hydrogen-bond donors (Lipinski definition) is 0. The van der Waals surface area contributed by atoms with Crippen LogP contribution in [0.1, 0.15) is 5.56 Å². The van der Waals surface area contributed by atoms with E-state index in [1.54, 1.807) is 0 Å². The van der Waals surface area contributed by atoms with Gasteiger partial charge in [-0.05, 0) is 80.9 Å². The molecule has 63 heavy (non-hydrogen) atoms. The first-order valence-electron chi connectivity index (χ1n) is 21.1. The Morgan fingerprint density at radius 2 is 0.730 bits per heavy atom. The van der Waals surface area contributed by atoms with Crippen LogP contribution >= 0.6 is 0 Å². The molecule has 0 fully saturated rings. The maximum Gasteiger partial charge on any atom is 0.163 e. The average Bonchev–Trinajstić information content (AvgIpc) is 3.70. The minimum atomic E-state index is 0.429. The van der Waals surface area contributed by atoms with E-state index in [4.69, 9.17) is 9.97 Å². The fraction of sp³-hybridized carbons (Fsp3) is 0. The topological polar surface area (TPSA) is 54.5 Å². The van der Waals surface area contributed by atoms with Crippen molar-refractivity contribution in [3.8, 4) is 90.2 Å². The van der Waals surface area contributed by atoms with Gasteiger partial charge in [-0.2, -0.15) is 5.26 Å². The first kappa shape index (κ1) is 37.4. The molecule has 2 heterocycles. The van der Waals surface area contributed by atoms with Gasteiger partial charge in [-0.3, -0.25) is 0 Å². The summed E-state index contributed by atoms with van der Waals surface area (Å²) in [5, 5.41) is 13.2. The first-order valence-corrected chi connectivity index (χ1v) is 21.1. The van der Waals surface area contributed by atoms with Crippen LogP contribution in [0, 0.1) is 11.3 Å². The van der Waals surface area contributed by atoms with Crippen molar-refractivity contribution in [3.63, 3.8) is 0 Å². The van der Waals surface area contributed by atoms with Crippen molar-refractivity contribution >= 4 is 21.8 Å². The minimum absolute atomic E-state index is 0.429. The van der Waals surface area contributed by atoms with Crippen molar-refractivity contribution < 1.29 is 0 Å². The lowest BCUT2D eigenvalue weighted by atomic mass is 9.91. The van der Waals surface area contributed by atoms with E-state index in [1.807, 2.05) is 66.7 Å². The molecule has 0 bridgehead atoms. The number of aromatic nitrogens is 3. The summed E-state index contributed by atoms with van der Waals surface area (Å²) in [6.45, 7) is 0. The number of nitrogens with zero attached hydrogens (tertiary/aromatic N) is 4. The lowest BCUT2D eigenvalue weighted by Crippen LogP contribution is -2.06. The predicted octanol–water partition coefficient (Wildman–Crippen LogP) is 15.1. The van der Waals surface area contributed by atoms with Gasteiger partial charge in [-0.1, -0.05) is 194 Å². The molecule has 4 heteroatoms. The summed E-state index contributed by atoms with van der Waals surface area (Å²) in [5.74, 6) is 0.525. The number of rotatable bonds is 8. The van der Waals surface area contributed by atoms with E-state index in [0.29, 0.717) is 22.8 Å². The van der Waals surface area contributed by atoms with Crippen molar-refractivity contribution in [2.24, 2.45) is 0 Å². The molecule has 0 aliphatic carbocycles. The molecule has 294 valence electrons. The van der Waals surface area contributed by atoms with E-state index < -0.39 is 0 Å². The van der Waals surface area contributed by atoms with Crippen molar-refractivity contribution in [1.82, 2.24) is 14.5 Å². The zero-order valence-corrected chi connectivity index (χ0v) is 34.2. The molecule has 9 aromatic carbocycles. The van der Waals surface area contributed by atoms with Crippen LogP contribution < -0.4 is 0 Å². The van der Waals surface area contributed by atoms with E-state index >= 15 is 0 Å². The Labute approximate surface area is 366 Å². The van der Waals surface area contributed by atoms with Crippen LogP contribution in [0.2, 0.25) is 0 Å². The number of fused-ring (bicyclic) bond motifs is 3. The zero-order chi connectivity index (χ0) is 42.1. The third-order valence-electron chi connectivity index (χ3n) is 11.9. The van der Waals surface area contributed by atoms with Crippen molar-refractivity contribution in [3.05, 3.63) is 236 Å². The maximum atomic E-state index is 10.9. The quantitative estimate of drug-likeness (QED) is 0.154. The number of nitriles is 1. The molecule has 0 unspecified atom stereocenters. The van der Waals surface area contributed by atoms with Crippen LogP contribution in [0.25, 0.3) is 106 Å². The molecule has 0 aliphatic rings. The standard InChI is InChI=1S/C59H38N4/c60-39-52-57(44-27-15-5-16-28-44)61-59(62-58(52)45-29-17-6-18-30-45)56-49(43-25-13-4-14-26-43)37-48(42-23-11-3-12-24-42)38-55(56)63-53-33-31-46(40-19-7-1-8-20-40)35-50(53)51-36-47(32-34-54(51)63)41-21-9-2-10-22-41/h1-38H. The van der Waals surface area contributed by atoms with Crippen molar-refractivity contribution in [2.45, 2.75) is 0 Å². The molecular formula is C59H38N4. The Bertz CT molecular complexity index is 3310. The molecule has 0 aliphatic heterocycles. The summed E-state index contributed by atoms with van der Waals surface area (Å²) < 4.78 is 2.40. The monoisotopic (exact) mass is 802 g/mol. The lowest BCUT2D eigenvalue weighted by Gasteiger charge is -2.21. The highest BCUT2D eigenvalue weighted by atomic mass is 15.0. The molecule has 0 spiro atoms. The third-order valence-corrected chi connectivity index (χ3v) is 11.9. The molecule has 0 saturated heterocycles. The highest BCUT2D eigenvalue weighted by molar-refractivity contribution is 6.12. The molecule has 11 aromatic rings. The summed E-state index contributed by atoms with van der Waals surface area (Å²) in [4.78, 5) is 10.9. The summed E-state index contributed by atoms with van der Waals surface area (Å²) >= 11 is 0.